The van der Waals surface area contributed by atoms with E-state index < -0.39 is 6.10 Å². The van der Waals surface area contributed by atoms with Gasteiger partial charge in [0.15, 0.2) is 0 Å². The van der Waals surface area contributed by atoms with Gasteiger partial charge in [-0.15, -0.1) is 0 Å². The molecule has 5 heteroatoms. The van der Waals surface area contributed by atoms with Gasteiger partial charge in [-0.25, -0.2) is 0 Å². The van der Waals surface area contributed by atoms with Crippen LogP contribution in [-0.4, -0.2) is 37.6 Å². The molecule has 1 fully saturated rings. The summed E-state index contributed by atoms with van der Waals surface area (Å²) >= 11 is 0. The van der Waals surface area contributed by atoms with Gasteiger partial charge in [0.1, 0.15) is 24.7 Å². The predicted molar refractivity (Wildman–Crippen MR) is 103 cm³/mol. The van der Waals surface area contributed by atoms with Crippen LogP contribution in [0, 0.1) is 5.92 Å². The van der Waals surface area contributed by atoms with Crippen molar-refractivity contribution in [3.63, 3.8) is 0 Å². The third-order valence-corrected chi connectivity index (χ3v) is 5.51. The Labute approximate surface area is 160 Å². The normalized spacial score (nSPS) is 28.7. The van der Waals surface area contributed by atoms with Crippen molar-refractivity contribution in [2.45, 2.75) is 31.5 Å². The van der Waals surface area contributed by atoms with E-state index in [0.29, 0.717) is 32.8 Å². The molecule has 0 saturated carbocycles. The van der Waals surface area contributed by atoms with E-state index in [9.17, 15) is 5.11 Å². The Morgan fingerprint density at radius 1 is 0.852 bits per heavy atom. The van der Waals surface area contributed by atoms with Crippen LogP contribution in [0.15, 0.2) is 48.5 Å². The monoisotopic (exact) mass is 369 g/mol. The van der Waals surface area contributed by atoms with Gasteiger partial charge in [0.05, 0.1) is 19.3 Å². The fraction of sp³-hybridized carbons (Fsp3) is 0.455. The highest BCUT2D eigenvalue weighted by molar-refractivity contribution is 5.40. The summed E-state index contributed by atoms with van der Waals surface area (Å²) in [6, 6.07) is 16.1. The van der Waals surface area contributed by atoms with Gasteiger partial charge in [0.25, 0.3) is 0 Å². The van der Waals surface area contributed by atoms with Gasteiger partial charge in [-0.3, -0.25) is 0 Å². The lowest BCUT2D eigenvalue weighted by atomic mass is 9.80. The molecule has 144 valence electrons. The third-order valence-electron chi connectivity index (χ3n) is 5.51. The fourth-order valence-corrected chi connectivity index (χ4v) is 4.00. The lowest BCUT2D eigenvalue weighted by Crippen LogP contribution is -2.43. The Morgan fingerprint density at radius 3 is 2.15 bits per heavy atom. The molecular weight excluding hydrogens is 342 g/mol. The van der Waals surface area contributed by atoms with Gasteiger partial charge in [0.2, 0.25) is 0 Å². The highest BCUT2D eigenvalue weighted by Crippen LogP contribution is 2.41. The zero-order valence-corrected chi connectivity index (χ0v) is 15.6. The van der Waals surface area contributed by atoms with Gasteiger partial charge in [-0.2, -0.15) is 0 Å². The molecule has 5 nitrogen and oxygen atoms in total. The molecule has 0 aromatic heterocycles. The molecule has 2 N–H and O–H groups in total. The number of para-hydroxylation sites is 2. The summed E-state index contributed by atoms with van der Waals surface area (Å²) in [5, 5.41) is 14.5. The molecule has 2 aliphatic heterocycles. The van der Waals surface area contributed by atoms with E-state index in [1.165, 1.54) is 0 Å². The van der Waals surface area contributed by atoms with Crippen LogP contribution in [0.2, 0.25) is 0 Å². The zero-order chi connectivity index (χ0) is 18.6. The summed E-state index contributed by atoms with van der Waals surface area (Å²) in [6.07, 6.45) is 0.246. The number of ether oxygens (including phenoxy) is 3. The molecule has 2 aromatic rings. The predicted octanol–water partition coefficient (Wildman–Crippen LogP) is 3.25. The Morgan fingerprint density at radius 2 is 1.44 bits per heavy atom. The highest BCUT2D eigenvalue weighted by Gasteiger charge is 2.37. The van der Waals surface area contributed by atoms with E-state index in [4.69, 9.17) is 14.2 Å². The molecule has 1 saturated heterocycles. The number of nitrogens with one attached hydrogen (secondary N) is 1. The van der Waals surface area contributed by atoms with Crippen LogP contribution < -0.4 is 14.8 Å². The van der Waals surface area contributed by atoms with Crippen LogP contribution in [0.4, 0.5) is 0 Å². The Hall–Kier alpha value is -2.08. The summed E-state index contributed by atoms with van der Waals surface area (Å²) in [5.74, 6) is 1.77. The van der Waals surface area contributed by atoms with Crippen molar-refractivity contribution in [1.29, 1.82) is 0 Å². The topological polar surface area (TPSA) is 60.0 Å². The van der Waals surface area contributed by atoms with E-state index in [0.717, 1.165) is 22.6 Å². The number of fused-ring (bicyclic) bond motifs is 6. The first kappa shape index (κ1) is 18.3. The smallest absolute Gasteiger partial charge is 0.124 e. The second-order valence-corrected chi connectivity index (χ2v) is 7.24. The summed E-state index contributed by atoms with van der Waals surface area (Å²) in [5.41, 5.74) is 2.15. The Bertz CT molecular complexity index is 765. The first-order valence-electron chi connectivity index (χ1n) is 9.69. The summed E-state index contributed by atoms with van der Waals surface area (Å²) < 4.78 is 17.6. The maximum absolute atomic E-state index is 10.8. The number of piperidine rings is 1. The van der Waals surface area contributed by atoms with Gasteiger partial charge < -0.3 is 24.6 Å². The van der Waals surface area contributed by atoms with Crippen molar-refractivity contribution in [1.82, 2.24) is 5.32 Å². The van der Waals surface area contributed by atoms with Gasteiger partial charge >= 0.3 is 0 Å². The van der Waals surface area contributed by atoms with E-state index in [1.54, 1.807) is 0 Å². The molecule has 0 spiro atoms. The van der Waals surface area contributed by atoms with Crippen LogP contribution >= 0.6 is 0 Å². The molecule has 2 bridgehead atoms. The summed E-state index contributed by atoms with van der Waals surface area (Å²) in [6.45, 7) is 4.09. The molecule has 4 atom stereocenters. The average molecular weight is 369 g/mol. The standard InChI is InChI=1S/C22H27NO4/c1-15-19(24)14-18-16-6-2-4-8-20(16)26-12-10-25-11-13-27-21-9-5-3-7-17(21)22(15)23-18/h2-9,15,18-19,22-24H,10-14H2,1H3/t15-,18+,19+,22-/m0/s1. The van der Waals surface area contributed by atoms with Crippen molar-refractivity contribution in [2.75, 3.05) is 26.4 Å². The number of rotatable bonds is 0. The summed E-state index contributed by atoms with van der Waals surface area (Å²) in [4.78, 5) is 0. The molecular formula is C22H27NO4. The highest BCUT2D eigenvalue weighted by atomic mass is 16.5. The lowest BCUT2D eigenvalue weighted by Gasteiger charge is -2.40. The van der Waals surface area contributed by atoms with Crippen LogP contribution in [0.3, 0.4) is 0 Å². The number of hydrogen-bond donors (Lipinski definition) is 2. The molecule has 0 unspecified atom stereocenters. The van der Waals surface area contributed by atoms with Crippen LogP contribution in [0.5, 0.6) is 11.5 Å². The minimum Gasteiger partial charge on any atom is -0.491 e. The first-order valence-corrected chi connectivity index (χ1v) is 9.69. The molecule has 27 heavy (non-hydrogen) atoms. The van der Waals surface area contributed by atoms with Gasteiger partial charge in [0, 0.05) is 29.1 Å². The largest absolute Gasteiger partial charge is 0.491 e. The average Bonchev–Trinajstić information content (AvgIpc) is 2.69. The quantitative estimate of drug-likeness (QED) is 0.747. The van der Waals surface area contributed by atoms with Crippen molar-refractivity contribution in [2.24, 2.45) is 5.92 Å². The summed E-state index contributed by atoms with van der Waals surface area (Å²) in [7, 11) is 0. The Kier molecular flexibility index (Phi) is 5.62. The number of aliphatic hydroxyl groups excluding tert-OH is 1. The molecule has 2 aliphatic rings. The molecule has 4 rings (SSSR count). The van der Waals surface area contributed by atoms with E-state index in [-0.39, 0.29) is 18.0 Å². The third kappa shape index (κ3) is 3.95. The molecule has 2 heterocycles. The minimum atomic E-state index is -0.404. The first-order chi connectivity index (χ1) is 13.2. The number of aliphatic hydroxyl groups is 1. The molecule has 0 aliphatic carbocycles. The number of hydrogen-bond acceptors (Lipinski definition) is 5. The van der Waals surface area contributed by atoms with Crippen molar-refractivity contribution >= 4 is 0 Å². The van der Waals surface area contributed by atoms with Crippen LogP contribution in [-0.2, 0) is 4.74 Å². The van der Waals surface area contributed by atoms with Crippen molar-refractivity contribution in [3.05, 3.63) is 59.7 Å². The second kappa shape index (κ2) is 8.30. The molecule has 2 aromatic carbocycles. The second-order valence-electron chi connectivity index (χ2n) is 7.24. The van der Waals surface area contributed by atoms with Crippen LogP contribution in [0.1, 0.15) is 36.6 Å². The van der Waals surface area contributed by atoms with Crippen LogP contribution in [0.25, 0.3) is 0 Å². The van der Waals surface area contributed by atoms with E-state index in [2.05, 4.69) is 24.4 Å². The van der Waals surface area contributed by atoms with E-state index >= 15 is 0 Å². The van der Waals surface area contributed by atoms with Gasteiger partial charge in [-0.1, -0.05) is 43.3 Å². The van der Waals surface area contributed by atoms with Crippen molar-refractivity contribution in [3.8, 4) is 11.5 Å². The fourth-order valence-electron chi connectivity index (χ4n) is 4.00. The maximum atomic E-state index is 10.8. The number of benzene rings is 2. The maximum Gasteiger partial charge on any atom is 0.124 e. The SMILES string of the molecule is C[C@H]1[C@H](O)C[C@H]2N[C@@H]1c1ccccc1OCCOCCOc1ccccc12. The zero-order valence-electron chi connectivity index (χ0n) is 15.6. The van der Waals surface area contributed by atoms with Gasteiger partial charge in [-0.05, 0) is 18.6 Å². The minimum absolute atomic E-state index is 0.00753. The lowest BCUT2D eigenvalue weighted by molar-refractivity contribution is 0.0365. The van der Waals surface area contributed by atoms with Crippen molar-refractivity contribution < 1.29 is 19.3 Å². The molecule has 0 amide bonds. The van der Waals surface area contributed by atoms with E-state index in [1.807, 2.05) is 36.4 Å². The Balaban J connectivity index is 1.73. The molecule has 0 radical (unpaired) electrons.